The zero-order valence-corrected chi connectivity index (χ0v) is 7.66. The van der Waals surface area contributed by atoms with Gasteiger partial charge in [-0.1, -0.05) is 0 Å². The highest BCUT2D eigenvalue weighted by Crippen LogP contribution is 2.27. The maximum atomic E-state index is 9.98. The molecule has 0 spiro atoms. The van der Waals surface area contributed by atoms with Gasteiger partial charge in [-0.25, -0.2) is 0 Å². The van der Waals surface area contributed by atoms with Crippen molar-refractivity contribution in [2.75, 3.05) is 13.1 Å². The van der Waals surface area contributed by atoms with Gasteiger partial charge >= 0.3 is 0 Å². The van der Waals surface area contributed by atoms with Crippen LogP contribution in [0.4, 0.5) is 0 Å². The highest BCUT2D eigenvalue weighted by molar-refractivity contribution is 5.08. The number of aliphatic hydroxyl groups excluding tert-OH is 1. The third-order valence-corrected chi connectivity index (χ3v) is 2.77. The molecule has 3 N–H and O–H groups in total. The van der Waals surface area contributed by atoms with Gasteiger partial charge in [-0.2, -0.15) is 0 Å². The first kappa shape index (κ1) is 8.78. The summed E-state index contributed by atoms with van der Waals surface area (Å²) in [7, 11) is 0. The second kappa shape index (κ2) is 3.94. The molecular weight excluding hydrogens is 164 g/mol. The first-order chi connectivity index (χ1) is 6.38. The SMILES string of the molecule is OC(c1ccc[nH]1)C1CCNCC1. The van der Waals surface area contributed by atoms with Crippen LogP contribution < -0.4 is 5.32 Å². The quantitative estimate of drug-likeness (QED) is 0.637. The van der Waals surface area contributed by atoms with Crippen molar-refractivity contribution in [3.63, 3.8) is 0 Å². The van der Waals surface area contributed by atoms with E-state index in [1.807, 2.05) is 18.3 Å². The average Bonchev–Trinajstić information content (AvgIpc) is 2.71. The zero-order chi connectivity index (χ0) is 9.10. The third kappa shape index (κ3) is 1.92. The number of aromatic nitrogens is 1. The van der Waals surface area contributed by atoms with E-state index in [1.165, 1.54) is 0 Å². The molecule has 1 aromatic heterocycles. The van der Waals surface area contributed by atoms with Gasteiger partial charge in [0.2, 0.25) is 0 Å². The van der Waals surface area contributed by atoms with Gasteiger partial charge in [0, 0.05) is 11.9 Å². The Bertz CT molecular complexity index is 239. The zero-order valence-electron chi connectivity index (χ0n) is 7.66. The van der Waals surface area contributed by atoms with E-state index < -0.39 is 0 Å². The van der Waals surface area contributed by atoms with E-state index in [2.05, 4.69) is 10.3 Å². The van der Waals surface area contributed by atoms with Crippen LogP contribution in [-0.4, -0.2) is 23.2 Å². The minimum Gasteiger partial charge on any atom is -0.387 e. The summed E-state index contributed by atoms with van der Waals surface area (Å²) in [5, 5.41) is 13.3. The molecule has 1 aromatic rings. The Labute approximate surface area is 78.2 Å². The van der Waals surface area contributed by atoms with E-state index in [0.29, 0.717) is 5.92 Å². The van der Waals surface area contributed by atoms with Crippen LogP contribution >= 0.6 is 0 Å². The molecule has 0 radical (unpaired) electrons. The summed E-state index contributed by atoms with van der Waals surface area (Å²) in [5.74, 6) is 0.417. The van der Waals surface area contributed by atoms with Crippen LogP contribution in [0.3, 0.4) is 0 Å². The van der Waals surface area contributed by atoms with Gasteiger partial charge in [0.25, 0.3) is 0 Å². The Kier molecular flexibility index (Phi) is 2.66. The first-order valence-corrected chi connectivity index (χ1v) is 4.90. The number of nitrogens with one attached hydrogen (secondary N) is 2. The van der Waals surface area contributed by atoms with E-state index in [9.17, 15) is 5.11 Å². The van der Waals surface area contributed by atoms with E-state index in [1.54, 1.807) is 0 Å². The van der Waals surface area contributed by atoms with Crippen molar-refractivity contribution < 1.29 is 5.11 Å². The van der Waals surface area contributed by atoms with Gasteiger partial charge in [-0.05, 0) is 44.0 Å². The summed E-state index contributed by atoms with van der Waals surface area (Å²) in [6, 6.07) is 3.88. The van der Waals surface area contributed by atoms with Gasteiger partial charge in [0.15, 0.2) is 0 Å². The Balaban J connectivity index is 1.99. The summed E-state index contributed by atoms with van der Waals surface area (Å²) in [4.78, 5) is 3.06. The summed E-state index contributed by atoms with van der Waals surface area (Å²) in [6.45, 7) is 2.06. The predicted molar refractivity (Wildman–Crippen MR) is 51.3 cm³/mol. The Morgan fingerprint density at radius 1 is 1.38 bits per heavy atom. The molecule has 2 rings (SSSR count). The lowest BCUT2D eigenvalue weighted by molar-refractivity contribution is 0.0856. The summed E-state index contributed by atoms with van der Waals surface area (Å²) >= 11 is 0. The fraction of sp³-hybridized carbons (Fsp3) is 0.600. The van der Waals surface area contributed by atoms with Gasteiger partial charge in [-0.3, -0.25) is 0 Å². The number of aliphatic hydroxyl groups is 1. The van der Waals surface area contributed by atoms with Crippen molar-refractivity contribution in [2.45, 2.75) is 18.9 Å². The molecule has 1 aliphatic heterocycles. The monoisotopic (exact) mass is 180 g/mol. The summed E-state index contributed by atoms with van der Waals surface area (Å²) < 4.78 is 0. The molecular formula is C10H16N2O. The van der Waals surface area contributed by atoms with Crippen molar-refractivity contribution in [3.05, 3.63) is 24.0 Å². The Hall–Kier alpha value is -0.800. The van der Waals surface area contributed by atoms with Crippen molar-refractivity contribution in [3.8, 4) is 0 Å². The molecule has 1 unspecified atom stereocenters. The molecule has 1 saturated heterocycles. The molecule has 0 amide bonds. The second-order valence-electron chi connectivity index (χ2n) is 3.66. The van der Waals surface area contributed by atoms with Gasteiger partial charge in [-0.15, -0.1) is 0 Å². The molecule has 3 heteroatoms. The summed E-state index contributed by atoms with van der Waals surface area (Å²) in [6.07, 6.45) is 3.69. The lowest BCUT2D eigenvalue weighted by atomic mass is 9.90. The maximum Gasteiger partial charge on any atom is 0.0966 e. The highest BCUT2D eigenvalue weighted by atomic mass is 16.3. The fourth-order valence-electron chi connectivity index (χ4n) is 1.94. The van der Waals surface area contributed by atoms with E-state index in [4.69, 9.17) is 0 Å². The van der Waals surface area contributed by atoms with Crippen molar-refractivity contribution in [2.24, 2.45) is 5.92 Å². The minimum atomic E-state index is -0.308. The molecule has 2 heterocycles. The molecule has 72 valence electrons. The topological polar surface area (TPSA) is 48.0 Å². The molecule has 0 saturated carbocycles. The van der Waals surface area contributed by atoms with E-state index >= 15 is 0 Å². The maximum absolute atomic E-state index is 9.98. The van der Waals surface area contributed by atoms with Crippen LogP contribution in [0.15, 0.2) is 18.3 Å². The Morgan fingerprint density at radius 3 is 2.77 bits per heavy atom. The van der Waals surface area contributed by atoms with E-state index in [-0.39, 0.29) is 6.10 Å². The van der Waals surface area contributed by atoms with Crippen molar-refractivity contribution in [1.29, 1.82) is 0 Å². The molecule has 1 atom stereocenters. The molecule has 1 aliphatic rings. The molecule has 0 aliphatic carbocycles. The lowest BCUT2D eigenvalue weighted by Gasteiger charge is -2.26. The van der Waals surface area contributed by atoms with E-state index in [0.717, 1.165) is 31.6 Å². The number of hydrogen-bond donors (Lipinski definition) is 3. The number of H-pyrrole nitrogens is 1. The molecule has 13 heavy (non-hydrogen) atoms. The fourth-order valence-corrected chi connectivity index (χ4v) is 1.94. The third-order valence-electron chi connectivity index (χ3n) is 2.77. The largest absolute Gasteiger partial charge is 0.387 e. The van der Waals surface area contributed by atoms with Crippen LogP contribution in [0, 0.1) is 5.92 Å². The van der Waals surface area contributed by atoms with Gasteiger partial charge < -0.3 is 15.4 Å². The first-order valence-electron chi connectivity index (χ1n) is 4.90. The lowest BCUT2D eigenvalue weighted by Crippen LogP contribution is -2.30. The normalized spacial score (nSPS) is 21.6. The van der Waals surface area contributed by atoms with Crippen LogP contribution in [0.5, 0.6) is 0 Å². The van der Waals surface area contributed by atoms with Gasteiger partial charge in [0.1, 0.15) is 0 Å². The highest BCUT2D eigenvalue weighted by Gasteiger charge is 2.22. The van der Waals surface area contributed by atoms with Crippen molar-refractivity contribution in [1.82, 2.24) is 10.3 Å². The molecule has 0 bridgehead atoms. The average molecular weight is 180 g/mol. The molecule has 0 aromatic carbocycles. The predicted octanol–water partition coefficient (Wildman–Crippen LogP) is 1.05. The number of aromatic amines is 1. The minimum absolute atomic E-state index is 0.308. The van der Waals surface area contributed by atoms with Gasteiger partial charge in [0.05, 0.1) is 6.10 Å². The Morgan fingerprint density at radius 2 is 2.15 bits per heavy atom. The van der Waals surface area contributed by atoms with Crippen molar-refractivity contribution >= 4 is 0 Å². The van der Waals surface area contributed by atoms with Crippen LogP contribution in [0.25, 0.3) is 0 Å². The standard InChI is InChI=1S/C10H16N2O/c13-10(9-2-1-5-12-9)8-3-6-11-7-4-8/h1-2,5,8,10-13H,3-4,6-7H2. The van der Waals surface area contributed by atoms with Crippen LogP contribution in [-0.2, 0) is 0 Å². The van der Waals surface area contributed by atoms with Crippen LogP contribution in [0.1, 0.15) is 24.6 Å². The molecule has 1 fully saturated rings. The molecule has 3 nitrogen and oxygen atoms in total. The van der Waals surface area contributed by atoms with Crippen LogP contribution in [0.2, 0.25) is 0 Å². The summed E-state index contributed by atoms with van der Waals surface area (Å²) in [5.41, 5.74) is 0.951. The number of hydrogen-bond acceptors (Lipinski definition) is 2. The number of rotatable bonds is 2. The smallest absolute Gasteiger partial charge is 0.0966 e. The number of piperidine rings is 1. The second-order valence-corrected chi connectivity index (χ2v) is 3.66.